The lowest BCUT2D eigenvalue weighted by Crippen LogP contribution is -2.16. The van der Waals surface area contributed by atoms with Crippen LogP contribution in [0.15, 0.2) is 121 Å². The van der Waals surface area contributed by atoms with Gasteiger partial charge in [-0.15, -0.1) is 26.3 Å². The highest BCUT2D eigenvalue weighted by atomic mass is 127. The molecule has 12 heteroatoms. The molecule has 0 N–H and O–H groups in total. The molecule has 0 aromatic heterocycles. The van der Waals surface area contributed by atoms with Crippen molar-refractivity contribution in [2.75, 3.05) is 0 Å². The summed E-state index contributed by atoms with van der Waals surface area (Å²) in [6.45, 7) is 0. The third kappa shape index (κ3) is 9.51. The van der Waals surface area contributed by atoms with Crippen LogP contribution in [0.25, 0.3) is 44.5 Å². The fourth-order valence-electron chi connectivity index (χ4n) is 5.50. The maximum absolute atomic E-state index is 12.6. The Morgan fingerprint density at radius 2 is 0.588 bits per heavy atom. The molecule has 0 amide bonds. The second-order valence-electron chi connectivity index (χ2n) is 11.3. The molecule has 0 heterocycles. The Morgan fingerprint density at radius 1 is 0.353 bits per heavy atom. The molecule has 0 saturated heterocycles. The first-order chi connectivity index (χ1) is 24.1. The van der Waals surface area contributed by atoms with E-state index in [1.807, 2.05) is 24.3 Å². The lowest BCUT2D eigenvalue weighted by Gasteiger charge is -2.14. The first-order valence-electron chi connectivity index (χ1n) is 15.0. The molecule has 6 rings (SSSR count). The summed E-state index contributed by atoms with van der Waals surface area (Å²) in [5.74, 6) is -0.511. The van der Waals surface area contributed by atoms with E-state index in [-0.39, 0.29) is 11.5 Å². The fraction of sp³-hybridized carbons (Fsp3) is 0.0769. The molecular formula is C39H22F6I4O2. The summed E-state index contributed by atoms with van der Waals surface area (Å²) in [4.78, 5) is 0. The highest BCUT2D eigenvalue weighted by molar-refractivity contribution is 14.1. The summed E-state index contributed by atoms with van der Waals surface area (Å²) < 4.78 is 87.5. The van der Waals surface area contributed by atoms with E-state index >= 15 is 0 Å². The lowest BCUT2D eigenvalue weighted by atomic mass is 9.96. The zero-order valence-electron chi connectivity index (χ0n) is 25.9. The average Bonchev–Trinajstić information content (AvgIpc) is 3.08. The number of rotatable bonds is 8. The second kappa shape index (κ2) is 15.8. The summed E-state index contributed by atoms with van der Waals surface area (Å²) in [7, 11) is 0. The van der Waals surface area contributed by atoms with Crippen molar-refractivity contribution in [3.8, 4) is 56.0 Å². The number of ether oxygens (including phenoxy) is 2. The largest absolute Gasteiger partial charge is 0.573 e. The minimum atomic E-state index is -4.73. The summed E-state index contributed by atoms with van der Waals surface area (Å²) in [5.41, 5.74) is 10.0. The Bertz CT molecular complexity index is 2010. The average molecular weight is 1140 g/mol. The van der Waals surface area contributed by atoms with Crippen LogP contribution in [-0.2, 0) is 6.42 Å². The van der Waals surface area contributed by atoms with E-state index in [1.54, 1.807) is 24.3 Å². The molecule has 0 aliphatic heterocycles. The van der Waals surface area contributed by atoms with Crippen molar-refractivity contribution < 1.29 is 35.8 Å². The van der Waals surface area contributed by atoms with Gasteiger partial charge < -0.3 is 9.47 Å². The zero-order chi connectivity index (χ0) is 36.5. The van der Waals surface area contributed by atoms with Gasteiger partial charge in [0.2, 0.25) is 0 Å². The fourth-order valence-corrected chi connectivity index (χ4v) is 8.63. The van der Waals surface area contributed by atoms with Gasteiger partial charge in [-0.25, -0.2) is 0 Å². The second-order valence-corrected chi connectivity index (χ2v) is 15.6. The molecular weight excluding hydrogens is 1120 g/mol. The van der Waals surface area contributed by atoms with Crippen LogP contribution in [0.4, 0.5) is 26.3 Å². The number of halogens is 10. The molecule has 51 heavy (non-hydrogen) atoms. The number of alkyl halides is 6. The van der Waals surface area contributed by atoms with Crippen LogP contribution in [0, 0.1) is 14.3 Å². The first kappa shape index (κ1) is 38.2. The maximum atomic E-state index is 12.6. The van der Waals surface area contributed by atoms with E-state index in [9.17, 15) is 26.3 Å². The van der Waals surface area contributed by atoms with Gasteiger partial charge in [0.1, 0.15) is 11.5 Å². The van der Waals surface area contributed by atoms with E-state index in [2.05, 4.69) is 148 Å². The Hall–Kier alpha value is -2.58. The molecule has 0 aliphatic carbocycles. The lowest BCUT2D eigenvalue weighted by molar-refractivity contribution is -0.275. The Kier molecular flexibility index (Phi) is 11.8. The molecule has 260 valence electrons. The normalized spacial score (nSPS) is 11.8. The van der Waals surface area contributed by atoms with E-state index in [0.717, 1.165) is 76.3 Å². The van der Waals surface area contributed by atoms with Crippen molar-refractivity contribution in [2.45, 2.75) is 19.1 Å². The van der Waals surface area contributed by atoms with Crippen molar-refractivity contribution >= 4 is 90.4 Å². The van der Waals surface area contributed by atoms with Crippen molar-refractivity contribution in [3.05, 3.63) is 147 Å². The maximum Gasteiger partial charge on any atom is 0.573 e. The molecule has 0 atom stereocenters. The molecule has 6 aromatic carbocycles. The minimum absolute atomic E-state index is 0.255. The summed E-state index contributed by atoms with van der Waals surface area (Å²) >= 11 is 9.18. The molecule has 0 aliphatic rings. The van der Waals surface area contributed by atoms with Gasteiger partial charge in [-0.1, -0.05) is 97.1 Å². The summed E-state index contributed by atoms with van der Waals surface area (Å²) in [6.07, 6.45) is -8.71. The van der Waals surface area contributed by atoms with E-state index in [4.69, 9.17) is 0 Å². The quantitative estimate of drug-likeness (QED) is 0.112. The number of hydrogen-bond acceptors (Lipinski definition) is 2. The van der Waals surface area contributed by atoms with Crippen molar-refractivity contribution in [1.29, 1.82) is 0 Å². The summed E-state index contributed by atoms with van der Waals surface area (Å²) in [5, 5.41) is 0. The first-order valence-corrected chi connectivity index (χ1v) is 19.3. The summed E-state index contributed by atoms with van der Waals surface area (Å²) in [6, 6.07) is 36.7. The van der Waals surface area contributed by atoms with Gasteiger partial charge in [-0.05, 0) is 177 Å². The van der Waals surface area contributed by atoms with Crippen LogP contribution >= 0.6 is 90.4 Å². The van der Waals surface area contributed by atoms with Crippen LogP contribution in [0.1, 0.15) is 11.1 Å². The standard InChI is InChI=1S/C39H22F6I4O2/c40-38(41,42)50-28-13-9-26(10-14-28)32-19-17-30(34(46)36(32)48)24-5-1-22(2-6-24)21-23-3-7-25(8-4-23)31-18-20-33(37(49)35(31)47)27-11-15-29(16-12-27)51-39(43,44)45/h1-20H,21H2. The van der Waals surface area contributed by atoms with Crippen molar-refractivity contribution in [3.63, 3.8) is 0 Å². The van der Waals surface area contributed by atoms with Gasteiger partial charge in [-0.3, -0.25) is 0 Å². The molecule has 6 aromatic rings. The highest BCUT2D eigenvalue weighted by Gasteiger charge is 2.31. The third-order valence-corrected chi connectivity index (χ3v) is 14.4. The van der Waals surface area contributed by atoms with Gasteiger partial charge in [0.25, 0.3) is 0 Å². The Morgan fingerprint density at radius 3 is 0.824 bits per heavy atom. The number of benzene rings is 6. The molecule has 0 spiro atoms. The monoisotopic (exact) mass is 1140 g/mol. The molecule has 0 unspecified atom stereocenters. The Labute approximate surface area is 344 Å². The molecule has 0 radical (unpaired) electrons. The van der Waals surface area contributed by atoms with Crippen molar-refractivity contribution in [2.24, 2.45) is 0 Å². The van der Waals surface area contributed by atoms with Gasteiger partial charge in [0.15, 0.2) is 0 Å². The number of hydrogen-bond donors (Lipinski definition) is 0. The van der Waals surface area contributed by atoms with Gasteiger partial charge in [-0.2, -0.15) is 0 Å². The zero-order valence-corrected chi connectivity index (χ0v) is 34.5. The van der Waals surface area contributed by atoms with Crippen LogP contribution in [0.5, 0.6) is 11.5 Å². The van der Waals surface area contributed by atoms with Crippen LogP contribution < -0.4 is 9.47 Å². The molecule has 0 fully saturated rings. The van der Waals surface area contributed by atoms with Gasteiger partial charge >= 0.3 is 12.7 Å². The van der Waals surface area contributed by atoms with E-state index in [1.165, 1.54) is 24.3 Å². The predicted molar refractivity (Wildman–Crippen MR) is 222 cm³/mol. The van der Waals surface area contributed by atoms with E-state index in [0.29, 0.717) is 0 Å². The smallest absolute Gasteiger partial charge is 0.406 e. The van der Waals surface area contributed by atoms with Crippen LogP contribution in [0.2, 0.25) is 0 Å². The topological polar surface area (TPSA) is 18.5 Å². The SMILES string of the molecule is FC(F)(F)Oc1ccc(-c2ccc(-c3ccc(Cc4ccc(-c5ccc(-c6ccc(OC(F)(F)F)cc6)c(I)c5I)cc4)cc3)c(I)c2I)cc1. The van der Waals surface area contributed by atoms with Crippen LogP contribution in [-0.4, -0.2) is 12.7 Å². The minimum Gasteiger partial charge on any atom is -0.406 e. The molecule has 0 saturated carbocycles. The molecule has 0 bridgehead atoms. The van der Waals surface area contributed by atoms with Crippen LogP contribution in [0.3, 0.4) is 0 Å². The Balaban J connectivity index is 1.13. The van der Waals surface area contributed by atoms with E-state index < -0.39 is 12.7 Å². The highest BCUT2D eigenvalue weighted by Crippen LogP contribution is 2.38. The molecule has 2 nitrogen and oxygen atoms in total. The predicted octanol–water partition coefficient (Wildman–Crippen LogP) is 14.2. The van der Waals surface area contributed by atoms with Gasteiger partial charge in [0, 0.05) is 14.3 Å². The van der Waals surface area contributed by atoms with Crippen molar-refractivity contribution in [1.82, 2.24) is 0 Å². The van der Waals surface area contributed by atoms with Gasteiger partial charge in [0.05, 0.1) is 0 Å². The third-order valence-electron chi connectivity index (χ3n) is 7.90.